The summed E-state index contributed by atoms with van der Waals surface area (Å²) in [5.41, 5.74) is 9.58. The monoisotopic (exact) mass is 510 g/mol. The van der Waals surface area contributed by atoms with Crippen molar-refractivity contribution < 1.29 is 15.0 Å². The first-order valence-electron chi connectivity index (χ1n) is 12.3. The Hall–Kier alpha value is -2.97. The van der Waals surface area contributed by atoms with Gasteiger partial charge in [0.25, 0.3) is 0 Å². The Balaban J connectivity index is 0.000000305. The van der Waals surface area contributed by atoms with Gasteiger partial charge in [-0.1, -0.05) is 0 Å². The number of carbonyl (C=O) groups excluding carboxylic acids is 1. The highest BCUT2D eigenvalue weighted by Crippen LogP contribution is 2.37. The zero-order valence-corrected chi connectivity index (χ0v) is 22.2. The summed E-state index contributed by atoms with van der Waals surface area (Å²) in [4.78, 5) is 9.42. The molecule has 194 valence electrons. The van der Waals surface area contributed by atoms with Gasteiger partial charge in [-0.3, -0.25) is 0 Å². The van der Waals surface area contributed by atoms with E-state index >= 15 is 0 Å². The van der Waals surface area contributed by atoms with Crippen LogP contribution in [0.25, 0.3) is 0 Å². The molecule has 0 spiro atoms. The molecule has 0 radical (unpaired) electrons. The topological polar surface area (TPSA) is 113 Å². The van der Waals surface area contributed by atoms with Crippen molar-refractivity contribution in [3.8, 4) is 5.75 Å². The third kappa shape index (κ3) is 7.27. The summed E-state index contributed by atoms with van der Waals surface area (Å²) < 4.78 is 2.10. The lowest BCUT2D eigenvalue weighted by Gasteiger charge is -2.23. The van der Waals surface area contributed by atoms with Crippen molar-refractivity contribution in [2.75, 3.05) is 16.8 Å². The fourth-order valence-electron chi connectivity index (χ4n) is 4.49. The number of hydrogen-bond donors (Lipinski definition) is 4. The van der Waals surface area contributed by atoms with Gasteiger partial charge in [0.15, 0.2) is 0 Å². The number of phenols is 1. The third-order valence-electron chi connectivity index (χ3n) is 6.26. The SMILES string of the molecule is C=O.CC(C)(C)n1nc(C2CCC(O)C2)cc1Nc1ccc2c(c1)CCCS2.Nc1ccc(O)cc1. The molecule has 2 unspecified atom stereocenters. The number of aromatic hydroxyl groups is 1. The summed E-state index contributed by atoms with van der Waals surface area (Å²) >= 11 is 1.96. The molecule has 0 amide bonds. The first-order valence-corrected chi connectivity index (χ1v) is 13.3. The zero-order valence-electron chi connectivity index (χ0n) is 21.4. The first-order chi connectivity index (χ1) is 17.2. The van der Waals surface area contributed by atoms with E-state index in [1.54, 1.807) is 24.3 Å². The quantitative estimate of drug-likeness (QED) is 0.259. The van der Waals surface area contributed by atoms with Gasteiger partial charge >= 0.3 is 0 Å². The van der Waals surface area contributed by atoms with Crippen molar-refractivity contribution in [1.29, 1.82) is 0 Å². The molecule has 0 saturated heterocycles. The van der Waals surface area contributed by atoms with Gasteiger partial charge in [-0.25, -0.2) is 4.68 Å². The zero-order chi connectivity index (χ0) is 26.3. The Labute approximate surface area is 218 Å². The van der Waals surface area contributed by atoms with Gasteiger partial charge in [0.2, 0.25) is 0 Å². The molecule has 1 aliphatic heterocycles. The third-order valence-corrected chi connectivity index (χ3v) is 7.46. The van der Waals surface area contributed by atoms with Gasteiger partial charge < -0.3 is 26.1 Å². The molecule has 2 aliphatic rings. The number of aliphatic hydroxyl groups excluding tert-OH is 1. The summed E-state index contributed by atoms with van der Waals surface area (Å²) in [7, 11) is 0. The maximum atomic E-state index is 9.89. The van der Waals surface area contributed by atoms with Crippen LogP contribution in [-0.2, 0) is 16.8 Å². The van der Waals surface area contributed by atoms with Crippen molar-refractivity contribution >= 4 is 35.7 Å². The van der Waals surface area contributed by atoms with Crippen LogP contribution in [-0.4, -0.2) is 38.6 Å². The molecule has 36 heavy (non-hydrogen) atoms. The average Bonchev–Trinajstić information content (AvgIpc) is 3.49. The predicted molar refractivity (Wildman–Crippen MR) is 148 cm³/mol. The number of phenolic OH excluding ortho intramolecular Hbond substituents is 1. The smallest absolute Gasteiger partial charge is 0.129 e. The molecule has 7 nitrogen and oxygen atoms in total. The number of carbonyl (C=O) groups is 1. The number of nitrogens with two attached hydrogens (primary N) is 1. The van der Waals surface area contributed by atoms with Crippen molar-refractivity contribution in [3.63, 3.8) is 0 Å². The van der Waals surface area contributed by atoms with Gasteiger partial charge in [-0.05, 0) is 107 Å². The lowest BCUT2D eigenvalue weighted by Crippen LogP contribution is -2.24. The molecule has 2 aromatic carbocycles. The van der Waals surface area contributed by atoms with Crippen LogP contribution < -0.4 is 11.1 Å². The number of anilines is 3. The fraction of sp³-hybridized carbons (Fsp3) is 0.429. The number of rotatable bonds is 3. The van der Waals surface area contributed by atoms with E-state index in [1.807, 2.05) is 18.6 Å². The van der Waals surface area contributed by atoms with Crippen LogP contribution in [0.3, 0.4) is 0 Å². The molecule has 1 aliphatic carbocycles. The van der Waals surface area contributed by atoms with E-state index in [9.17, 15) is 5.11 Å². The number of nitrogens with zero attached hydrogens (tertiary/aromatic N) is 2. The molecule has 5 rings (SSSR count). The van der Waals surface area contributed by atoms with Crippen molar-refractivity contribution in [2.45, 2.75) is 75.3 Å². The minimum atomic E-state index is -0.172. The molecule has 3 aromatic rings. The van der Waals surface area contributed by atoms with Gasteiger partial charge in [0, 0.05) is 28.3 Å². The number of aryl methyl sites for hydroxylation is 1. The summed E-state index contributed by atoms with van der Waals surface area (Å²) in [5.74, 6) is 2.89. The highest BCUT2D eigenvalue weighted by molar-refractivity contribution is 7.99. The van der Waals surface area contributed by atoms with Gasteiger partial charge in [0.1, 0.15) is 18.4 Å². The molecule has 5 N–H and O–H groups in total. The largest absolute Gasteiger partial charge is 0.508 e. The van der Waals surface area contributed by atoms with E-state index < -0.39 is 0 Å². The van der Waals surface area contributed by atoms with E-state index in [0.29, 0.717) is 11.6 Å². The second kappa shape index (κ2) is 12.3. The van der Waals surface area contributed by atoms with Crippen molar-refractivity contribution in [3.05, 3.63) is 59.8 Å². The highest BCUT2D eigenvalue weighted by atomic mass is 32.2. The number of nitrogens with one attached hydrogen (secondary N) is 1. The van der Waals surface area contributed by atoms with Gasteiger partial charge in [0.05, 0.1) is 17.3 Å². The lowest BCUT2D eigenvalue weighted by molar-refractivity contribution is -0.0980. The minimum absolute atomic E-state index is 0.0954. The second-order valence-corrected chi connectivity index (χ2v) is 11.3. The molecule has 2 heterocycles. The predicted octanol–water partition coefficient (Wildman–Crippen LogP) is 5.84. The van der Waals surface area contributed by atoms with Gasteiger partial charge in [-0.2, -0.15) is 5.10 Å². The van der Waals surface area contributed by atoms with Crippen LogP contribution in [0.2, 0.25) is 0 Å². The average molecular weight is 511 g/mol. The van der Waals surface area contributed by atoms with Crippen molar-refractivity contribution in [1.82, 2.24) is 9.78 Å². The Kier molecular flexibility index (Phi) is 9.45. The van der Waals surface area contributed by atoms with Crippen LogP contribution in [0.5, 0.6) is 5.75 Å². The lowest BCUT2D eigenvalue weighted by atomic mass is 10.0. The molecule has 1 aromatic heterocycles. The van der Waals surface area contributed by atoms with Crippen LogP contribution in [0.4, 0.5) is 17.2 Å². The van der Waals surface area contributed by atoms with E-state index in [0.717, 1.165) is 36.5 Å². The summed E-state index contributed by atoms with van der Waals surface area (Å²) in [5, 5.41) is 27.1. The Bertz CT molecular complexity index is 1100. The molecule has 1 fully saturated rings. The second-order valence-electron chi connectivity index (χ2n) is 10.2. The number of hydrogen-bond acceptors (Lipinski definition) is 7. The normalized spacial score (nSPS) is 18.8. The summed E-state index contributed by atoms with van der Waals surface area (Å²) in [6.07, 6.45) is 5.00. The van der Waals surface area contributed by atoms with Crippen LogP contribution in [0.1, 0.15) is 63.6 Å². The Morgan fingerprint density at radius 3 is 2.44 bits per heavy atom. The molecule has 1 saturated carbocycles. The summed E-state index contributed by atoms with van der Waals surface area (Å²) in [6.45, 7) is 8.55. The summed E-state index contributed by atoms with van der Waals surface area (Å²) in [6, 6.07) is 15.3. The van der Waals surface area contributed by atoms with E-state index in [2.05, 4.69) is 55.0 Å². The number of aliphatic hydroxyl groups is 1. The number of nitrogen functional groups attached to an aromatic ring is 1. The van der Waals surface area contributed by atoms with Crippen LogP contribution in [0.15, 0.2) is 53.4 Å². The standard InChI is InChI=1S/C21H29N3OS.C6H7NO.CH2O/c1-21(2,3)24-20(13-18(23-24)14-6-8-17(25)12-14)22-16-7-9-19-15(11-16)5-4-10-26-19;7-5-1-3-6(8)4-2-5;1-2/h7,9,11,13-14,17,22,25H,4-6,8,10,12H2,1-3H3;1-4,8H,7H2;1H2. The van der Waals surface area contributed by atoms with E-state index in [4.69, 9.17) is 20.7 Å². The molecule has 2 atom stereocenters. The first kappa shape index (κ1) is 27.6. The van der Waals surface area contributed by atoms with Crippen molar-refractivity contribution in [2.24, 2.45) is 0 Å². The molecular weight excluding hydrogens is 472 g/mol. The highest BCUT2D eigenvalue weighted by Gasteiger charge is 2.29. The van der Waals surface area contributed by atoms with E-state index in [-0.39, 0.29) is 17.4 Å². The number of benzene rings is 2. The minimum Gasteiger partial charge on any atom is -0.508 e. The van der Waals surface area contributed by atoms with Crippen LogP contribution >= 0.6 is 11.8 Å². The molecule has 0 bridgehead atoms. The van der Waals surface area contributed by atoms with Crippen LogP contribution in [0, 0.1) is 0 Å². The van der Waals surface area contributed by atoms with E-state index in [1.165, 1.54) is 29.1 Å². The van der Waals surface area contributed by atoms with Gasteiger partial charge in [-0.15, -0.1) is 11.8 Å². The molecular formula is C28H38N4O3S. The number of thioether (sulfide) groups is 1. The fourth-order valence-corrected chi connectivity index (χ4v) is 5.51. The maximum absolute atomic E-state index is 9.89. The Morgan fingerprint density at radius 2 is 1.83 bits per heavy atom. The number of aromatic nitrogens is 2. The Morgan fingerprint density at radius 1 is 1.11 bits per heavy atom. The number of fused-ring (bicyclic) bond motifs is 1. The maximum Gasteiger partial charge on any atom is 0.129 e. The molecule has 8 heteroatoms.